The fraction of sp³-hybridized carbons (Fsp3) is 0.211. The van der Waals surface area contributed by atoms with Crippen molar-refractivity contribution in [2.75, 3.05) is 14.2 Å². The van der Waals surface area contributed by atoms with Crippen LogP contribution in [-0.4, -0.2) is 20.0 Å². The number of carbonyl (C=O) groups excluding carboxylic acids is 1. The minimum Gasteiger partial charge on any atom is -0.500 e. The average Bonchev–Trinajstić information content (AvgIpc) is 2.92. The fourth-order valence-corrected chi connectivity index (χ4v) is 3.02. The maximum atomic E-state index is 12.5. The number of hydrogen-bond acceptors (Lipinski definition) is 3. The lowest BCUT2D eigenvalue weighted by atomic mass is 9.82. The zero-order valence-electron chi connectivity index (χ0n) is 12.7. The second-order valence-electron chi connectivity index (χ2n) is 5.29. The molecule has 0 bridgehead atoms. The summed E-state index contributed by atoms with van der Waals surface area (Å²) < 4.78 is 10.7. The third kappa shape index (κ3) is 2.50. The van der Waals surface area contributed by atoms with E-state index in [0.29, 0.717) is 0 Å². The molecule has 0 radical (unpaired) electrons. The minimum atomic E-state index is -0.247. The molecule has 0 heterocycles. The van der Waals surface area contributed by atoms with Crippen molar-refractivity contribution in [1.82, 2.24) is 0 Å². The maximum Gasteiger partial charge on any atom is 0.167 e. The molecule has 0 fully saturated rings. The van der Waals surface area contributed by atoms with Crippen molar-refractivity contribution < 1.29 is 14.3 Å². The molecule has 112 valence electrons. The van der Waals surface area contributed by atoms with Crippen LogP contribution in [0.5, 0.6) is 5.75 Å². The maximum absolute atomic E-state index is 12.5. The summed E-state index contributed by atoms with van der Waals surface area (Å²) in [4.78, 5) is 12.5. The van der Waals surface area contributed by atoms with E-state index in [1.807, 2.05) is 54.6 Å². The molecule has 1 aliphatic rings. The second-order valence-corrected chi connectivity index (χ2v) is 5.29. The van der Waals surface area contributed by atoms with Gasteiger partial charge in [-0.25, -0.2) is 0 Å². The summed E-state index contributed by atoms with van der Waals surface area (Å²) in [7, 11) is 3.25. The highest BCUT2D eigenvalue weighted by molar-refractivity contribution is 6.00. The molecular formula is C19H18O3. The van der Waals surface area contributed by atoms with Crippen molar-refractivity contribution in [3.05, 3.63) is 77.6 Å². The van der Waals surface area contributed by atoms with E-state index in [2.05, 4.69) is 0 Å². The van der Waals surface area contributed by atoms with E-state index in [1.165, 1.54) is 0 Å². The van der Waals surface area contributed by atoms with E-state index in [9.17, 15) is 4.79 Å². The van der Waals surface area contributed by atoms with Crippen molar-refractivity contribution in [1.29, 1.82) is 0 Å². The minimum absolute atomic E-state index is 0.0768. The van der Waals surface area contributed by atoms with Crippen LogP contribution in [0.15, 0.2) is 66.4 Å². The molecule has 0 aliphatic heterocycles. The molecule has 2 atom stereocenters. The second kappa shape index (κ2) is 6.06. The van der Waals surface area contributed by atoms with Gasteiger partial charge < -0.3 is 9.47 Å². The van der Waals surface area contributed by atoms with Gasteiger partial charge in [0.25, 0.3) is 0 Å². The highest BCUT2D eigenvalue weighted by atomic mass is 16.5. The lowest BCUT2D eigenvalue weighted by molar-refractivity contribution is -0.115. The van der Waals surface area contributed by atoms with Crippen molar-refractivity contribution in [3.63, 3.8) is 0 Å². The van der Waals surface area contributed by atoms with Gasteiger partial charge in [0, 0.05) is 6.08 Å². The van der Waals surface area contributed by atoms with E-state index in [-0.39, 0.29) is 17.6 Å². The van der Waals surface area contributed by atoms with E-state index >= 15 is 0 Å². The van der Waals surface area contributed by atoms with Gasteiger partial charge in [-0.2, -0.15) is 0 Å². The first-order chi connectivity index (χ1) is 10.7. The van der Waals surface area contributed by atoms with Crippen LogP contribution >= 0.6 is 0 Å². The monoisotopic (exact) mass is 294 g/mol. The molecule has 0 saturated carbocycles. The summed E-state index contributed by atoms with van der Waals surface area (Å²) in [6.45, 7) is 0. The Morgan fingerprint density at radius 2 is 1.41 bits per heavy atom. The third-order valence-electron chi connectivity index (χ3n) is 4.10. The zero-order chi connectivity index (χ0) is 15.5. The van der Waals surface area contributed by atoms with Gasteiger partial charge >= 0.3 is 0 Å². The summed E-state index contributed by atoms with van der Waals surface area (Å²) in [5.41, 5.74) is 2.06. The Kier molecular flexibility index (Phi) is 3.96. The molecule has 2 aromatic carbocycles. The van der Waals surface area contributed by atoms with Crippen LogP contribution in [0.25, 0.3) is 0 Å². The molecule has 0 amide bonds. The van der Waals surface area contributed by atoms with Gasteiger partial charge in [0.05, 0.1) is 26.1 Å². The quantitative estimate of drug-likeness (QED) is 0.863. The number of ketones is 1. The largest absolute Gasteiger partial charge is 0.500 e. The summed E-state index contributed by atoms with van der Waals surface area (Å²) in [6.07, 6.45) is 1.62. The van der Waals surface area contributed by atoms with E-state index in [0.717, 1.165) is 22.6 Å². The molecule has 0 N–H and O–H groups in total. The molecule has 0 saturated heterocycles. The van der Waals surface area contributed by atoms with Crippen LogP contribution in [-0.2, 0) is 9.53 Å². The zero-order valence-corrected chi connectivity index (χ0v) is 12.7. The molecule has 1 aliphatic carbocycles. The fourth-order valence-electron chi connectivity index (χ4n) is 3.02. The first-order valence-corrected chi connectivity index (χ1v) is 7.23. The summed E-state index contributed by atoms with van der Waals surface area (Å²) in [5, 5.41) is 0. The van der Waals surface area contributed by atoms with E-state index < -0.39 is 0 Å². The first kappa shape index (κ1) is 14.4. The Morgan fingerprint density at radius 3 is 2.00 bits per heavy atom. The van der Waals surface area contributed by atoms with Gasteiger partial charge in [-0.1, -0.05) is 42.5 Å². The van der Waals surface area contributed by atoms with Gasteiger partial charge in [0.2, 0.25) is 0 Å². The van der Waals surface area contributed by atoms with Gasteiger partial charge in [-0.15, -0.1) is 0 Å². The number of carbonyl (C=O) groups is 1. The lowest BCUT2D eigenvalue weighted by Crippen LogP contribution is -2.14. The van der Waals surface area contributed by atoms with Crippen molar-refractivity contribution in [2.45, 2.75) is 11.8 Å². The molecule has 22 heavy (non-hydrogen) atoms. The molecule has 3 rings (SSSR count). The van der Waals surface area contributed by atoms with Gasteiger partial charge in [0.15, 0.2) is 5.78 Å². The first-order valence-electron chi connectivity index (χ1n) is 7.23. The number of allylic oxidation sites excluding steroid dienone is 2. The van der Waals surface area contributed by atoms with Gasteiger partial charge in [-0.3, -0.25) is 4.79 Å². The summed E-state index contributed by atoms with van der Waals surface area (Å²) in [5.74, 6) is 1.26. The normalized spacial score (nSPS) is 20.6. The number of benzene rings is 2. The molecular weight excluding hydrogens is 276 g/mol. The molecule has 3 heteroatoms. The predicted molar refractivity (Wildman–Crippen MR) is 85.0 cm³/mol. The number of ether oxygens (including phenoxy) is 2. The molecule has 0 aromatic heterocycles. The standard InChI is InChI=1S/C19H18O3/c1-21-15-10-8-14(9-11-15)18-16(20)12-17(22-2)19(18)13-6-4-3-5-7-13/h3-12,18-19H,1-2H3/t18-,19-/m1/s1. The van der Waals surface area contributed by atoms with Gasteiger partial charge in [-0.05, 0) is 23.3 Å². The Bertz CT molecular complexity index is 686. The Morgan fingerprint density at radius 1 is 0.773 bits per heavy atom. The molecule has 0 spiro atoms. The Labute approximate surface area is 130 Å². The summed E-state index contributed by atoms with van der Waals surface area (Å²) >= 11 is 0. The predicted octanol–water partition coefficient (Wildman–Crippen LogP) is 3.68. The smallest absolute Gasteiger partial charge is 0.167 e. The van der Waals surface area contributed by atoms with E-state index in [1.54, 1.807) is 20.3 Å². The lowest BCUT2D eigenvalue weighted by Gasteiger charge is -2.22. The van der Waals surface area contributed by atoms with Crippen LogP contribution in [0, 0.1) is 0 Å². The number of methoxy groups -OCH3 is 2. The van der Waals surface area contributed by atoms with Crippen LogP contribution in [0.4, 0.5) is 0 Å². The number of rotatable bonds is 4. The van der Waals surface area contributed by atoms with E-state index in [4.69, 9.17) is 9.47 Å². The highest BCUT2D eigenvalue weighted by Gasteiger charge is 2.39. The van der Waals surface area contributed by atoms with Crippen LogP contribution in [0.1, 0.15) is 23.0 Å². The summed E-state index contributed by atoms with van der Waals surface area (Å²) in [6, 6.07) is 17.7. The number of hydrogen-bond donors (Lipinski definition) is 0. The van der Waals surface area contributed by atoms with Crippen LogP contribution in [0.2, 0.25) is 0 Å². The van der Waals surface area contributed by atoms with Crippen molar-refractivity contribution in [2.24, 2.45) is 0 Å². The topological polar surface area (TPSA) is 35.5 Å². The van der Waals surface area contributed by atoms with Gasteiger partial charge in [0.1, 0.15) is 11.5 Å². The van der Waals surface area contributed by atoms with Crippen LogP contribution in [0.3, 0.4) is 0 Å². The van der Waals surface area contributed by atoms with Crippen LogP contribution < -0.4 is 4.74 Å². The van der Waals surface area contributed by atoms with Crippen molar-refractivity contribution in [3.8, 4) is 5.75 Å². The van der Waals surface area contributed by atoms with Crippen molar-refractivity contribution >= 4 is 5.78 Å². The molecule has 0 unspecified atom stereocenters. The third-order valence-corrected chi connectivity index (χ3v) is 4.10. The SMILES string of the molecule is COC1=CC(=O)[C@@H](c2ccc(OC)cc2)[C@@H]1c1ccccc1. The Balaban J connectivity index is 2.02. The molecule has 2 aromatic rings. The molecule has 3 nitrogen and oxygen atoms in total. The highest BCUT2D eigenvalue weighted by Crippen LogP contribution is 2.44. The average molecular weight is 294 g/mol. The Hall–Kier alpha value is -2.55.